The fourth-order valence-corrected chi connectivity index (χ4v) is 2.14. The Labute approximate surface area is 127 Å². The van der Waals surface area contributed by atoms with Crippen molar-refractivity contribution in [2.45, 2.75) is 39.7 Å². The van der Waals surface area contributed by atoms with E-state index in [1.165, 1.54) is 11.1 Å². The van der Waals surface area contributed by atoms with E-state index in [4.69, 9.17) is 4.74 Å². The van der Waals surface area contributed by atoms with Crippen molar-refractivity contribution in [2.75, 3.05) is 7.05 Å². The van der Waals surface area contributed by atoms with Crippen LogP contribution in [0.3, 0.4) is 0 Å². The average Bonchev–Trinajstić information content (AvgIpc) is 2.42. The maximum absolute atomic E-state index is 5.83. The van der Waals surface area contributed by atoms with E-state index in [0.717, 1.165) is 18.0 Å². The van der Waals surface area contributed by atoms with Crippen LogP contribution in [0, 0.1) is 6.92 Å². The maximum Gasteiger partial charge on any atom is 0.219 e. The molecule has 0 aliphatic carbocycles. The normalized spacial score (nSPS) is 11.5. The van der Waals surface area contributed by atoms with E-state index in [1.807, 2.05) is 32.2 Å². The molecule has 1 aromatic carbocycles. The minimum absolute atomic E-state index is 0.155. The van der Waals surface area contributed by atoms with E-state index in [1.54, 1.807) is 0 Å². The molecule has 2 rings (SSSR count). The Bertz CT molecular complexity index is 598. The highest BCUT2D eigenvalue weighted by atomic mass is 16.5. The van der Waals surface area contributed by atoms with Gasteiger partial charge in [0, 0.05) is 18.3 Å². The molecule has 0 bridgehead atoms. The maximum atomic E-state index is 5.83. The van der Waals surface area contributed by atoms with Crippen molar-refractivity contribution in [3.63, 3.8) is 0 Å². The van der Waals surface area contributed by atoms with Crippen molar-refractivity contribution >= 4 is 0 Å². The number of ether oxygens (including phenoxy) is 1. The van der Waals surface area contributed by atoms with E-state index in [2.05, 4.69) is 49.3 Å². The Balaban J connectivity index is 2.13. The first-order valence-electron chi connectivity index (χ1n) is 7.29. The second-order valence-electron chi connectivity index (χ2n) is 6.30. The molecule has 0 saturated carbocycles. The lowest BCUT2D eigenvalue weighted by Crippen LogP contribution is -2.10. The lowest BCUT2D eigenvalue weighted by Gasteiger charge is -2.19. The van der Waals surface area contributed by atoms with Crippen LogP contribution in [-0.4, -0.2) is 12.0 Å². The van der Waals surface area contributed by atoms with Gasteiger partial charge in [-0.3, -0.25) is 0 Å². The molecule has 0 amide bonds. The van der Waals surface area contributed by atoms with Gasteiger partial charge in [-0.15, -0.1) is 0 Å². The van der Waals surface area contributed by atoms with Gasteiger partial charge in [0.15, 0.2) is 0 Å². The van der Waals surface area contributed by atoms with Gasteiger partial charge in [-0.05, 0) is 42.6 Å². The number of nitrogens with one attached hydrogen (secondary N) is 1. The van der Waals surface area contributed by atoms with Crippen LogP contribution in [0.5, 0.6) is 11.6 Å². The molecule has 0 spiro atoms. The zero-order chi connectivity index (χ0) is 15.5. The van der Waals surface area contributed by atoms with Crippen LogP contribution in [0.2, 0.25) is 0 Å². The summed E-state index contributed by atoms with van der Waals surface area (Å²) in [6, 6.07) is 12.2. The summed E-state index contributed by atoms with van der Waals surface area (Å²) in [5.74, 6) is 1.45. The first-order chi connectivity index (χ1) is 9.90. The first-order valence-corrected chi connectivity index (χ1v) is 7.29. The third-order valence-electron chi connectivity index (χ3n) is 3.48. The molecule has 2 aromatic rings. The Morgan fingerprint density at radius 3 is 2.24 bits per heavy atom. The van der Waals surface area contributed by atoms with Gasteiger partial charge in [0.25, 0.3) is 0 Å². The highest BCUT2D eigenvalue weighted by Crippen LogP contribution is 2.26. The molecular formula is C18H24N2O. The summed E-state index contributed by atoms with van der Waals surface area (Å²) in [6.07, 6.45) is 0. The van der Waals surface area contributed by atoms with Gasteiger partial charge < -0.3 is 10.1 Å². The van der Waals surface area contributed by atoms with Crippen LogP contribution < -0.4 is 10.1 Å². The molecule has 0 saturated heterocycles. The van der Waals surface area contributed by atoms with Crippen molar-refractivity contribution in [2.24, 2.45) is 0 Å². The van der Waals surface area contributed by atoms with Gasteiger partial charge in [-0.1, -0.05) is 39.0 Å². The van der Waals surface area contributed by atoms with Crippen molar-refractivity contribution in [3.05, 3.63) is 53.2 Å². The van der Waals surface area contributed by atoms with E-state index >= 15 is 0 Å². The number of rotatable bonds is 4. The Morgan fingerprint density at radius 1 is 1.05 bits per heavy atom. The third-order valence-corrected chi connectivity index (χ3v) is 3.48. The zero-order valence-corrected chi connectivity index (χ0v) is 13.5. The van der Waals surface area contributed by atoms with Gasteiger partial charge in [0.2, 0.25) is 5.88 Å². The summed E-state index contributed by atoms with van der Waals surface area (Å²) in [5, 5.41) is 3.13. The number of benzene rings is 1. The highest BCUT2D eigenvalue weighted by Gasteiger charge is 2.13. The molecule has 1 N–H and O–H groups in total. The molecule has 1 aromatic heterocycles. The Hall–Kier alpha value is -1.87. The molecule has 21 heavy (non-hydrogen) atoms. The second-order valence-corrected chi connectivity index (χ2v) is 6.30. The topological polar surface area (TPSA) is 34.1 Å². The van der Waals surface area contributed by atoms with Gasteiger partial charge in [0.05, 0.1) is 0 Å². The molecule has 0 radical (unpaired) electrons. The molecule has 0 aliphatic heterocycles. The molecular weight excluding hydrogens is 260 g/mol. The average molecular weight is 284 g/mol. The fourth-order valence-electron chi connectivity index (χ4n) is 2.14. The van der Waals surface area contributed by atoms with Crippen molar-refractivity contribution in [3.8, 4) is 11.6 Å². The minimum Gasteiger partial charge on any atom is -0.439 e. The third kappa shape index (κ3) is 4.05. The molecule has 3 nitrogen and oxygen atoms in total. The SMILES string of the molecule is CNCc1ccc(Oc2ccc(C(C)(C)C)cc2)nc1C. The smallest absolute Gasteiger partial charge is 0.219 e. The van der Waals surface area contributed by atoms with Crippen LogP contribution >= 0.6 is 0 Å². The van der Waals surface area contributed by atoms with Gasteiger partial charge in [-0.2, -0.15) is 0 Å². The molecule has 112 valence electrons. The quantitative estimate of drug-likeness (QED) is 0.913. The first kappa shape index (κ1) is 15.5. The molecule has 0 atom stereocenters. The highest BCUT2D eigenvalue weighted by molar-refractivity contribution is 5.34. The van der Waals surface area contributed by atoms with E-state index < -0.39 is 0 Å². The molecule has 0 aliphatic rings. The fraction of sp³-hybridized carbons (Fsp3) is 0.389. The predicted molar refractivity (Wildman–Crippen MR) is 87.0 cm³/mol. The van der Waals surface area contributed by atoms with Crippen LogP contribution in [0.1, 0.15) is 37.6 Å². The summed E-state index contributed by atoms with van der Waals surface area (Å²) in [5.41, 5.74) is 3.63. The summed E-state index contributed by atoms with van der Waals surface area (Å²) >= 11 is 0. The summed E-state index contributed by atoms with van der Waals surface area (Å²) in [4.78, 5) is 4.50. The molecule has 0 fully saturated rings. The minimum atomic E-state index is 0.155. The van der Waals surface area contributed by atoms with Gasteiger partial charge in [-0.25, -0.2) is 4.98 Å². The second kappa shape index (κ2) is 6.27. The summed E-state index contributed by atoms with van der Waals surface area (Å²) in [7, 11) is 1.93. The molecule has 1 heterocycles. The van der Waals surface area contributed by atoms with Gasteiger partial charge >= 0.3 is 0 Å². The molecule has 0 unspecified atom stereocenters. The predicted octanol–water partition coefficient (Wildman–Crippen LogP) is 4.20. The largest absolute Gasteiger partial charge is 0.439 e. The Morgan fingerprint density at radius 2 is 1.71 bits per heavy atom. The number of pyridine rings is 1. The number of hydrogen-bond donors (Lipinski definition) is 1. The lowest BCUT2D eigenvalue weighted by atomic mass is 9.87. The van der Waals surface area contributed by atoms with E-state index in [9.17, 15) is 0 Å². The monoisotopic (exact) mass is 284 g/mol. The number of hydrogen-bond acceptors (Lipinski definition) is 3. The summed E-state index contributed by atoms with van der Waals surface area (Å²) < 4.78 is 5.83. The number of nitrogens with zero attached hydrogens (tertiary/aromatic N) is 1. The number of aryl methyl sites for hydroxylation is 1. The standard InChI is InChI=1S/C18H24N2O/c1-13-14(12-19-5)6-11-17(20-13)21-16-9-7-15(8-10-16)18(2,3)4/h6-11,19H,12H2,1-5H3. The van der Waals surface area contributed by atoms with Gasteiger partial charge in [0.1, 0.15) is 5.75 Å². The van der Waals surface area contributed by atoms with Crippen LogP contribution in [0.25, 0.3) is 0 Å². The van der Waals surface area contributed by atoms with Crippen molar-refractivity contribution < 1.29 is 4.74 Å². The number of aromatic nitrogens is 1. The van der Waals surface area contributed by atoms with E-state index in [-0.39, 0.29) is 5.41 Å². The van der Waals surface area contributed by atoms with Crippen LogP contribution in [-0.2, 0) is 12.0 Å². The zero-order valence-electron chi connectivity index (χ0n) is 13.5. The summed E-state index contributed by atoms with van der Waals surface area (Å²) in [6.45, 7) is 9.43. The van der Waals surface area contributed by atoms with E-state index in [0.29, 0.717) is 5.88 Å². The molecule has 3 heteroatoms. The van der Waals surface area contributed by atoms with Crippen LogP contribution in [0.15, 0.2) is 36.4 Å². The van der Waals surface area contributed by atoms with Crippen molar-refractivity contribution in [1.82, 2.24) is 10.3 Å². The van der Waals surface area contributed by atoms with Crippen molar-refractivity contribution in [1.29, 1.82) is 0 Å². The van der Waals surface area contributed by atoms with Crippen LogP contribution in [0.4, 0.5) is 0 Å². The Kier molecular flexibility index (Phi) is 4.63. The lowest BCUT2D eigenvalue weighted by molar-refractivity contribution is 0.460.